The third-order valence-electron chi connectivity index (χ3n) is 2.68. The summed E-state index contributed by atoms with van der Waals surface area (Å²) in [6, 6.07) is 0. The highest BCUT2D eigenvalue weighted by atomic mass is 79.9. The van der Waals surface area contributed by atoms with Gasteiger partial charge < -0.3 is 0 Å². The van der Waals surface area contributed by atoms with E-state index in [4.69, 9.17) is 0 Å². The van der Waals surface area contributed by atoms with Gasteiger partial charge in [0.25, 0.3) is 0 Å². The third kappa shape index (κ3) is 3.14. The monoisotopic (exact) mass is 218 g/mol. The van der Waals surface area contributed by atoms with E-state index in [1.807, 2.05) is 0 Å². The zero-order valence-electron chi connectivity index (χ0n) is 7.70. The number of rotatable bonds is 3. The number of hydrogen-bond donors (Lipinski definition) is 0. The van der Waals surface area contributed by atoms with E-state index in [0.717, 1.165) is 11.2 Å². The Labute approximate surface area is 78.9 Å². The van der Waals surface area contributed by atoms with Crippen LogP contribution in [0.15, 0.2) is 0 Å². The molecule has 0 radical (unpaired) electrons. The molecule has 0 atom stereocenters. The molecule has 0 amide bonds. The highest BCUT2D eigenvalue weighted by Crippen LogP contribution is 2.36. The van der Waals surface area contributed by atoms with Crippen LogP contribution in [0.1, 0.15) is 46.0 Å². The van der Waals surface area contributed by atoms with Crippen LogP contribution in [0, 0.1) is 11.3 Å². The maximum atomic E-state index is 3.58. The van der Waals surface area contributed by atoms with E-state index in [1.165, 1.54) is 32.1 Å². The van der Waals surface area contributed by atoms with Crippen molar-refractivity contribution in [1.29, 1.82) is 0 Å². The number of alkyl halides is 1. The van der Waals surface area contributed by atoms with E-state index in [0.29, 0.717) is 5.41 Å². The Morgan fingerprint density at radius 2 is 1.82 bits per heavy atom. The van der Waals surface area contributed by atoms with Crippen LogP contribution in [0.25, 0.3) is 0 Å². The second-order valence-electron chi connectivity index (χ2n) is 4.65. The Bertz CT molecular complexity index is 112. The molecule has 0 heterocycles. The first kappa shape index (κ1) is 9.57. The summed E-state index contributed by atoms with van der Waals surface area (Å²) in [4.78, 5) is 0. The van der Waals surface area contributed by atoms with Crippen LogP contribution in [-0.2, 0) is 0 Å². The third-order valence-corrected chi connectivity index (χ3v) is 4.20. The van der Waals surface area contributed by atoms with Crippen molar-refractivity contribution in [3.63, 3.8) is 0 Å². The van der Waals surface area contributed by atoms with Crippen LogP contribution in [0.3, 0.4) is 0 Å². The molecule has 0 bridgehead atoms. The second kappa shape index (κ2) is 3.93. The van der Waals surface area contributed by atoms with Crippen molar-refractivity contribution in [2.45, 2.75) is 46.0 Å². The molecule has 0 spiro atoms. The predicted octanol–water partition coefficient (Wildman–Crippen LogP) is 3.99. The average molecular weight is 219 g/mol. The molecule has 1 saturated carbocycles. The molecule has 0 aliphatic heterocycles. The Hall–Kier alpha value is 0.480. The second-order valence-corrected chi connectivity index (χ2v) is 5.21. The van der Waals surface area contributed by atoms with Gasteiger partial charge >= 0.3 is 0 Å². The Morgan fingerprint density at radius 3 is 2.27 bits per heavy atom. The molecule has 0 aromatic rings. The normalized spacial score (nSPS) is 21.0. The van der Waals surface area contributed by atoms with Gasteiger partial charge in [-0.05, 0) is 17.8 Å². The molecule has 1 fully saturated rings. The first-order valence-electron chi connectivity index (χ1n) is 4.70. The topological polar surface area (TPSA) is 0 Å². The van der Waals surface area contributed by atoms with Gasteiger partial charge in [-0.1, -0.05) is 55.5 Å². The van der Waals surface area contributed by atoms with Gasteiger partial charge in [0, 0.05) is 5.33 Å². The summed E-state index contributed by atoms with van der Waals surface area (Å²) in [5, 5.41) is 1.15. The maximum absolute atomic E-state index is 3.58. The molecule has 0 unspecified atom stereocenters. The Kier molecular flexibility index (Phi) is 3.42. The van der Waals surface area contributed by atoms with Gasteiger partial charge in [-0.3, -0.25) is 0 Å². The van der Waals surface area contributed by atoms with E-state index >= 15 is 0 Å². The molecule has 0 nitrogen and oxygen atoms in total. The molecule has 11 heavy (non-hydrogen) atoms. The van der Waals surface area contributed by atoms with Crippen molar-refractivity contribution >= 4 is 15.9 Å². The molecule has 1 aliphatic carbocycles. The molecule has 0 aromatic carbocycles. The molecule has 1 heteroatoms. The summed E-state index contributed by atoms with van der Waals surface area (Å²) >= 11 is 3.58. The lowest BCUT2D eigenvalue weighted by atomic mass is 9.84. The lowest BCUT2D eigenvalue weighted by molar-refractivity contribution is 0.305. The summed E-state index contributed by atoms with van der Waals surface area (Å²) in [5.41, 5.74) is 0.523. The predicted molar refractivity (Wildman–Crippen MR) is 54.2 cm³/mol. The summed E-state index contributed by atoms with van der Waals surface area (Å²) in [7, 11) is 0. The molecular formula is C10H19Br. The first-order valence-corrected chi connectivity index (χ1v) is 5.82. The van der Waals surface area contributed by atoms with Gasteiger partial charge in [0.15, 0.2) is 0 Å². The number of halogens is 1. The van der Waals surface area contributed by atoms with E-state index in [-0.39, 0.29) is 0 Å². The fourth-order valence-electron chi connectivity index (χ4n) is 2.05. The van der Waals surface area contributed by atoms with Gasteiger partial charge in [-0.2, -0.15) is 0 Å². The van der Waals surface area contributed by atoms with Gasteiger partial charge in [-0.15, -0.1) is 0 Å². The van der Waals surface area contributed by atoms with E-state index in [1.54, 1.807) is 0 Å². The Balaban J connectivity index is 2.28. The summed E-state index contributed by atoms with van der Waals surface area (Å²) in [6.07, 6.45) is 7.33. The molecule has 66 valence electrons. The quantitative estimate of drug-likeness (QED) is 0.629. The molecule has 0 N–H and O–H groups in total. The minimum Gasteiger partial charge on any atom is -0.0922 e. The molecule has 0 saturated heterocycles. The Morgan fingerprint density at radius 1 is 1.27 bits per heavy atom. The molecular weight excluding hydrogens is 200 g/mol. The molecule has 1 rings (SSSR count). The summed E-state index contributed by atoms with van der Waals surface area (Å²) in [6.45, 7) is 4.72. The lowest BCUT2D eigenvalue weighted by Crippen LogP contribution is -2.16. The average Bonchev–Trinajstić information content (AvgIpc) is 2.39. The van der Waals surface area contributed by atoms with Crippen LogP contribution in [0.2, 0.25) is 0 Å². The summed E-state index contributed by atoms with van der Waals surface area (Å²) in [5.74, 6) is 1.03. The van der Waals surface area contributed by atoms with Crippen molar-refractivity contribution in [2.75, 3.05) is 5.33 Å². The molecule has 1 aliphatic rings. The van der Waals surface area contributed by atoms with Crippen LogP contribution >= 0.6 is 15.9 Å². The van der Waals surface area contributed by atoms with Crippen molar-refractivity contribution in [1.82, 2.24) is 0 Å². The van der Waals surface area contributed by atoms with E-state index in [2.05, 4.69) is 29.8 Å². The first-order chi connectivity index (χ1) is 5.14. The van der Waals surface area contributed by atoms with Crippen molar-refractivity contribution in [3.05, 3.63) is 0 Å². The van der Waals surface area contributed by atoms with Crippen LogP contribution in [-0.4, -0.2) is 5.33 Å². The minimum atomic E-state index is 0.523. The van der Waals surface area contributed by atoms with Crippen molar-refractivity contribution in [2.24, 2.45) is 11.3 Å². The van der Waals surface area contributed by atoms with Gasteiger partial charge in [0.2, 0.25) is 0 Å². The zero-order valence-corrected chi connectivity index (χ0v) is 9.28. The number of hydrogen-bond acceptors (Lipinski definition) is 0. The zero-order chi connectivity index (χ0) is 8.32. The van der Waals surface area contributed by atoms with Crippen LogP contribution in [0.4, 0.5) is 0 Å². The highest BCUT2D eigenvalue weighted by Gasteiger charge is 2.24. The maximum Gasteiger partial charge on any atom is 0.00827 e. The summed E-state index contributed by atoms with van der Waals surface area (Å²) < 4.78 is 0. The van der Waals surface area contributed by atoms with Gasteiger partial charge in [0.05, 0.1) is 0 Å². The van der Waals surface area contributed by atoms with E-state index < -0.39 is 0 Å². The van der Waals surface area contributed by atoms with Gasteiger partial charge in [0.1, 0.15) is 0 Å². The fraction of sp³-hybridized carbons (Fsp3) is 1.00. The SMILES string of the molecule is CC(C)(CBr)CC1CCCC1. The van der Waals surface area contributed by atoms with Crippen molar-refractivity contribution in [3.8, 4) is 0 Å². The highest BCUT2D eigenvalue weighted by molar-refractivity contribution is 9.09. The van der Waals surface area contributed by atoms with Crippen molar-refractivity contribution < 1.29 is 0 Å². The fourth-order valence-corrected chi connectivity index (χ4v) is 2.28. The van der Waals surface area contributed by atoms with Gasteiger partial charge in [-0.25, -0.2) is 0 Å². The standard InChI is InChI=1S/C10H19Br/c1-10(2,8-11)7-9-5-3-4-6-9/h9H,3-8H2,1-2H3. The minimum absolute atomic E-state index is 0.523. The molecule has 0 aromatic heterocycles. The van der Waals surface area contributed by atoms with Crippen LogP contribution in [0.5, 0.6) is 0 Å². The van der Waals surface area contributed by atoms with Crippen LogP contribution < -0.4 is 0 Å². The largest absolute Gasteiger partial charge is 0.0922 e. The lowest BCUT2D eigenvalue weighted by Gasteiger charge is -2.25. The van der Waals surface area contributed by atoms with E-state index in [9.17, 15) is 0 Å². The smallest absolute Gasteiger partial charge is 0.00827 e.